The summed E-state index contributed by atoms with van der Waals surface area (Å²) in [6, 6.07) is 21.5. The minimum absolute atomic E-state index is 0.0442. The molecule has 5 rings (SSSR count). The zero-order valence-electron chi connectivity index (χ0n) is 26.5. The Balaban J connectivity index is 1.39. The van der Waals surface area contributed by atoms with E-state index < -0.39 is 16.1 Å². The number of ether oxygens (including phenoxy) is 3. The minimum Gasteiger partial charge on any atom is -0.497 e. The van der Waals surface area contributed by atoms with E-state index >= 15 is 0 Å². The molecule has 11 heteroatoms. The predicted octanol–water partition coefficient (Wildman–Crippen LogP) is 5.06. The number of rotatable bonds is 14. The number of nitrogens with one attached hydrogen (secondary N) is 1. The third-order valence-corrected chi connectivity index (χ3v) is 9.70. The zero-order valence-corrected chi connectivity index (χ0v) is 27.3. The number of carbonyl (C=O) groups excluding carboxylic acids is 2. The topological polar surface area (TPSA) is 114 Å². The van der Waals surface area contributed by atoms with Gasteiger partial charge in [0.1, 0.15) is 11.8 Å². The van der Waals surface area contributed by atoms with Crippen LogP contribution in [0.15, 0.2) is 72.8 Å². The molecule has 0 saturated heterocycles. The molecule has 0 aromatic heterocycles. The Morgan fingerprint density at radius 1 is 0.935 bits per heavy atom. The van der Waals surface area contributed by atoms with Crippen molar-refractivity contribution in [1.82, 2.24) is 10.2 Å². The smallest absolute Gasteiger partial charge is 0.243 e. The van der Waals surface area contributed by atoms with Crippen LogP contribution < -0.4 is 23.8 Å². The number of fused-ring (bicyclic) bond motifs is 1. The summed E-state index contributed by atoms with van der Waals surface area (Å²) in [5.41, 5.74) is 2.20. The van der Waals surface area contributed by atoms with Crippen LogP contribution in [0.5, 0.6) is 17.2 Å². The number of methoxy groups -OCH3 is 1. The first-order chi connectivity index (χ1) is 22.2. The zero-order chi connectivity index (χ0) is 32.5. The van der Waals surface area contributed by atoms with Crippen molar-refractivity contribution >= 4 is 27.5 Å². The van der Waals surface area contributed by atoms with Crippen molar-refractivity contribution in [3.05, 3.63) is 83.9 Å². The van der Waals surface area contributed by atoms with Crippen LogP contribution in [0, 0.1) is 0 Å². The number of sulfonamides is 1. The molecule has 2 amide bonds. The average Bonchev–Trinajstić information content (AvgIpc) is 3.53. The Morgan fingerprint density at radius 3 is 2.41 bits per heavy atom. The van der Waals surface area contributed by atoms with Gasteiger partial charge in [-0.25, -0.2) is 8.42 Å². The fourth-order valence-corrected chi connectivity index (χ4v) is 7.07. The largest absolute Gasteiger partial charge is 0.497 e. The third kappa shape index (κ3) is 8.72. The SMILES string of the molecule is COc1cccc(CN(C(=O)CCCN(c2ccc3c(c2)OCO3)S(C)(=O)=O)[C@@H](Cc2ccccc2)C(=O)NC2CCCCC2)c1. The molecule has 3 aromatic carbocycles. The van der Waals surface area contributed by atoms with Crippen LogP contribution >= 0.6 is 0 Å². The van der Waals surface area contributed by atoms with E-state index in [1.807, 2.05) is 54.6 Å². The molecule has 10 nitrogen and oxygen atoms in total. The first kappa shape index (κ1) is 33.1. The first-order valence-electron chi connectivity index (χ1n) is 15.9. The molecule has 1 aliphatic heterocycles. The van der Waals surface area contributed by atoms with Gasteiger partial charge in [-0.3, -0.25) is 13.9 Å². The average molecular weight is 650 g/mol. The second kappa shape index (κ2) is 15.4. The monoisotopic (exact) mass is 649 g/mol. The van der Waals surface area contributed by atoms with Crippen LogP contribution in [0.4, 0.5) is 5.69 Å². The van der Waals surface area contributed by atoms with Crippen LogP contribution in [0.3, 0.4) is 0 Å². The van der Waals surface area contributed by atoms with Crippen molar-refractivity contribution in [3.8, 4) is 17.2 Å². The lowest BCUT2D eigenvalue weighted by Crippen LogP contribution is -2.52. The molecule has 46 heavy (non-hydrogen) atoms. The molecule has 0 unspecified atom stereocenters. The quantitative estimate of drug-likeness (QED) is 0.260. The second-order valence-electron chi connectivity index (χ2n) is 11.9. The Kier molecular flexibility index (Phi) is 11.1. The highest BCUT2D eigenvalue weighted by Gasteiger charge is 2.32. The minimum atomic E-state index is -3.66. The van der Waals surface area contributed by atoms with Gasteiger partial charge in [-0.05, 0) is 54.7 Å². The third-order valence-electron chi connectivity index (χ3n) is 8.51. The Hall–Kier alpha value is -4.25. The number of hydrogen-bond donors (Lipinski definition) is 1. The van der Waals surface area contributed by atoms with E-state index in [0.717, 1.165) is 49.5 Å². The van der Waals surface area contributed by atoms with Crippen molar-refractivity contribution in [2.75, 3.05) is 31.0 Å². The van der Waals surface area contributed by atoms with Crippen LogP contribution in [-0.4, -0.2) is 63.9 Å². The molecule has 1 saturated carbocycles. The molecular weight excluding hydrogens is 606 g/mol. The van der Waals surface area contributed by atoms with Gasteiger partial charge in [0.2, 0.25) is 28.6 Å². The van der Waals surface area contributed by atoms with Crippen LogP contribution in [0.2, 0.25) is 0 Å². The van der Waals surface area contributed by atoms with Gasteiger partial charge >= 0.3 is 0 Å². The molecule has 0 bridgehead atoms. The standard InChI is InChI=1S/C35H43N3O7S/c1-43-30-16-9-13-27(21-30)24-37(31(22-26-11-5-3-6-12-26)35(40)36-28-14-7-4-8-15-28)34(39)17-10-20-38(46(2,41)42)29-18-19-32-33(23-29)45-25-44-32/h3,5-6,9,11-13,16,18-19,21,23,28,31H,4,7-8,10,14-15,17,20,22,24-25H2,1-2H3,(H,36,40)/t31-/m0/s1. The lowest BCUT2D eigenvalue weighted by atomic mass is 9.94. The number of nitrogens with zero attached hydrogens (tertiary/aromatic N) is 2. The number of hydrogen-bond acceptors (Lipinski definition) is 7. The van der Waals surface area contributed by atoms with Gasteiger partial charge in [-0.2, -0.15) is 0 Å². The van der Waals surface area contributed by atoms with E-state index in [0.29, 0.717) is 29.4 Å². The van der Waals surface area contributed by atoms with E-state index in [1.165, 1.54) is 4.31 Å². The first-order valence-corrected chi connectivity index (χ1v) is 17.7. The van der Waals surface area contributed by atoms with E-state index in [4.69, 9.17) is 14.2 Å². The van der Waals surface area contributed by atoms with Gasteiger partial charge in [-0.1, -0.05) is 61.7 Å². The van der Waals surface area contributed by atoms with Crippen molar-refractivity contribution in [2.45, 2.75) is 70.0 Å². The summed E-state index contributed by atoms with van der Waals surface area (Å²) in [5.74, 6) is 1.27. The van der Waals surface area contributed by atoms with Gasteiger partial charge in [0.05, 0.1) is 19.1 Å². The Bertz CT molecular complexity index is 1590. The highest BCUT2D eigenvalue weighted by atomic mass is 32.2. The number of anilines is 1. The van der Waals surface area contributed by atoms with E-state index in [9.17, 15) is 18.0 Å². The molecule has 0 radical (unpaired) electrons. The summed E-state index contributed by atoms with van der Waals surface area (Å²) < 4.78 is 43.2. The molecule has 1 aliphatic carbocycles. The highest BCUT2D eigenvalue weighted by Crippen LogP contribution is 2.36. The Labute approximate surface area is 271 Å². The summed E-state index contributed by atoms with van der Waals surface area (Å²) in [6.07, 6.45) is 6.93. The summed E-state index contributed by atoms with van der Waals surface area (Å²) in [5, 5.41) is 3.25. The molecule has 246 valence electrons. The van der Waals surface area contributed by atoms with Crippen molar-refractivity contribution in [2.24, 2.45) is 0 Å². The molecule has 3 aromatic rings. The van der Waals surface area contributed by atoms with Gasteiger partial charge in [0.15, 0.2) is 11.5 Å². The molecular formula is C35H43N3O7S. The molecule has 0 spiro atoms. The second-order valence-corrected chi connectivity index (χ2v) is 13.8. The van der Waals surface area contributed by atoms with Gasteiger partial charge in [-0.15, -0.1) is 0 Å². The van der Waals surface area contributed by atoms with Gasteiger partial charge in [0, 0.05) is 38.0 Å². The fourth-order valence-electron chi connectivity index (χ4n) is 6.11. The van der Waals surface area contributed by atoms with Crippen molar-refractivity contribution in [3.63, 3.8) is 0 Å². The normalized spacial score (nSPS) is 15.2. The molecule has 1 N–H and O–H groups in total. The number of amides is 2. The predicted molar refractivity (Wildman–Crippen MR) is 176 cm³/mol. The highest BCUT2D eigenvalue weighted by molar-refractivity contribution is 7.92. The van der Waals surface area contributed by atoms with Crippen molar-refractivity contribution in [1.29, 1.82) is 0 Å². The van der Waals surface area contributed by atoms with E-state index in [2.05, 4.69) is 5.32 Å². The summed E-state index contributed by atoms with van der Waals surface area (Å²) >= 11 is 0. The van der Waals surface area contributed by atoms with E-state index in [1.54, 1.807) is 30.2 Å². The molecule has 2 aliphatic rings. The number of benzene rings is 3. The lowest BCUT2D eigenvalue weighted by Gasteiger charge is -2.34. The lowest BCUT2D eigenvalue weighted by molar-refractivity contribution is -0.141. The molecule has 1 fully saturated rings. The maximum Gasteiger partial charge on any atom is 0.243 e. The summed E-state index contributed by atoms with van der Waals surface area (Å²) in [7, 11) is -2.07. The van der Waals surface area contributed by atoms with Gasteiger partial charge < -0.3 is 24.4 Å². The molecule has 1 heterocycles. The maximum absolute atomic E-state index is 14.2. The van der Waals surface area contributed by atoms with Crippen LogP contribution in [-0.2, 0) is 32.6 Å². The summed E-state index contributed by atoms with van der Waals surface area (Å²) in [6.45, 7) is 0.353. The fraction of sp³-hybridized carbons (Fsp3) is 0.429. The summed E-state index contributed by atoms with van der Waals surface area (Å²) in [4.78, 5) is 29.8. The molecule has 1 atom stereocenters. The van der Waals surface area contributed by atoms with Crippen LogP contribution in [0.1, 0.15) is 56.1 Å². The van der Waals surface area contributed by atoms with Crippen molar-refractivity contribution < 1.29 is 32.2 Å². The Morgan fingerprint density at radius 2 is 1.67 bits per heavy atom. The van der Waals surface area contributed by atoms with Crippen LogP contribution in [0.25, 0.3) is 0 Å². The van der Waals surface area contributed by atoms with E-state index in [-0.39, 0.29) is 50.6 Å². The van der Waals surface area contributed by atoms with Gasteiger partial charge in [0.25, 0.3) is 0 Å². The number of carbonyl (C=O) groups is 2. The maximum atomic E-state index is 14.2.